The molecule has 62 valence electrons. The number of hydrogen-bond donors (Lipinski definition) is 4. The molecule has 3 nitrogen and oxygen atoms in total. The van der Waals surface area contributed by atoms with Crippen LogP contribution < -0.4 is 0 Å². The third-order valence-corrected chi connectivity index (χ3v) is 1.05. The standard InChI is InChI=1S/C6H6S.H3O3P/c7-6-4-2-1-3-5-6;1-4(2)3/h1-5,7H;1-3H. The summed E-state index contributed by atoms with van der Waals surface area (Å²) < 4.78 is 0. The lowest BCUT2D eigenvalue weighted by Gasteiger charge is -1.81. The summed E-state index contributed by atoms with van der Waals surface area (Å²) in [6.07, 6.45) is 0. The number of hydrogen-bond acceptors (Lipinski definition) is 4. The molecule has 0 radical (unpaired) electrons. The molecule has 0 amide bonds. The minimum absolute atomic E-state index is 1.02. The van der Waals surface area contributed by atoms with Crippen LogP contribution in [0.4, 0.5) is 0 Å². The Morgan fingerprint density at radius 1 is 1.00 bits per heavy atom. The van der Waals surface area contributed by atoms with E-state index in [-0.39, 0.29) is 0 Å². The number of rotatable bonds is 0. The molecule has 1 aromatic rings. The molecule has 11 heavy (non-hydrogen) atoms. The summed E-state index contributed by atoms with van der Waals surface area (Å²) in [6.45, 7) is 0. The van der Waals surface area contributed by atoms with Gasteiger partial charge in [-0.25, -0.2) is 0 Å². The van der Waals surface area contributed by atoms with Crippen molar-refractivity contribution in [3.8, 4) is 0 Å². The quantitative estimate of drug-likeness (QED) is 0.368. The molecule has 0 atom stereocenters. The SMILES string of the molecule is OP(O)O.Sc1ccccc1. The number of benzene rings is 1. The van der Waals surface area contributed by atoms with Crippen molar-refractivity contribution in [2.24, 2.45) is 0 Å². The van der Waals surface area contributed by atoms with E-state index in [2.05, 4.69) is 12.6 Å². The van der Waals surface area contributed by atoms with E-state index in [9.17, 15) is 0 Å². The summed E-state index contributed by atoms with van der Waals surface area (Å²) in [4.78, 5) is 22.7. The first-order valence-corrected chi connectivity index (χ1v) is 4.38. The van der Waals surface area contributed by atoms with Gasteiger partial charge in [-0.3, -0.25) is 0 Å². The molecule has 0 aromatic heterocycles. The Bertz CT molecular complexity index is 178. The highest BCUT2D eigenvalue weighted by atomic mass is 32.1. The summed E-state index contributed by atoms with van der Waals surface area (Å²) in [6, 6.07) is 9.79. The van der Waals surface area contributed by atoms with Crippen LogP contribution in [0.5, 0.6) is 0 Å². The van der Waals surface area contributed by atoms with Crippen molar-refractivity contribution in [2.75, 3.05) is 0 Å². The van der Waals surface area contributed by atoms with E-state index < -0.39 is 8.60 Å². The summed E-state index contributed by atoms with van der Waals surface area (Å²) in [7, 11) is -2.62. The Morgan fingerprint density at radius 3 is 1.55 bits per heavy atom. The highest BCUT2D eigenvalue weighted by Crippen LogP contribution is 2.11. The topological polar surface area (TPSA) is 60.7 Å². The van der Waals surface area contributed by atoms with Crippen LogP contribution in [-0.4, -0.2) is 14.7 Å². The molecule has 3 N–H and O–H groups in total. The molecule has 0 saturated heterocycles. The Morgan fingerprint density at radius 2 is 1.36 bits per heavy atom. The first kappa shape index (κ1) is 10.9. The van der Waals surface area contributed by atoms with Crippen molar-refractivity contribution in [1.29, 1.82) is 0 Å². The predicted molar refractivity (Wildman–Crippen MR) is 47.3 cm³/mol. The third-order valence-electron chi connectivity index (χ3n) is 0.756. The van der Waals surface area contributed by atoms with Gasteiger partial charge in [0.15, 0.2) is 0 Å². The lowest BCUT2D eigenvalue weighted by Crippen LogP contribution is -1.56. The second kappa shape index (κ2) is 6.58. The summed E-state index contributed by atoms with van der Waals surface area (Å²) in [5.41, 5.74) is 0. The van der Waals surface area contributed by atoms with Crippen LogP contribution in [0.15, 0.2) is 35.2 Å². The first-order valence-electron chi connectivity index (χ1n) is 2.73. The van der Waals surface area contributed by atoms with Crippen LogP contribution in [0.1, 0.15) is 0 Å². The van der Waals surface area contributed by atoms with Crippen molar-refractivity contribution < 1.29 is 14.7 Å². The maximum atomic E-state index is 7.23. The lowest BCUT2D eigenvalue weighted by atomic mass is 10.4. The number of thiol groups is 1. The molecular weight excluding hydrogens is 183 g/mol. The van der Waals surface area contributed by atoms with Crippen molar-refractivity contribution in [3.63, 3.8) is 0 Å². The van der Waals surface area contributed by atoms with Gasteiger partial charge in [-0.15, -0.1) is 12.6 Å². The monoisotopic (exact) mass is 192 g/mol. The normalized spacial score (nSPS) is 8.82. The van der Waals surface area contributed by atoms with E-state index >= 15 is 0 Å². The molecular formula is C6H9O3PS. The van der Waals surface area contributed by atoms with Crippen molar-refractivity contribution in [2.45, 2.75) is 4.90 Å². The van der Waals surface area contributed by atoms with Crippen LogP contribution in [0.25, 0.3) is 0 Å². The predicted octanol–water partition coefficient (Wildman–Crippen LogP) is 1.17. The lowest BCUT2D eigenvalue weighted by molar-refractivity contribution is 0.368. The van der Waals surface area contributed by atoms with Gasteiger partial charge in [-0.1, -0.05) is 18.2 Å². The fourth-order valence-electron chi connectivity index (χ4n) is 0.428. The zero-order chi connectivity index (χ0) is 8.69. The van der Waals surface area contributed by atoms with Gasteiger partial charge in [0.05, 0.1) is 0 Å². The molecule has 0 saturated carbocycles. The van der Waals surface area contributed by atoms with Crippen LogP contribution in [0.3, 0.4) is 0 Å². The van der Waals surface area contributed by atoms with Gasteiger partial charge in [-0.05, 0) is 12.1 Å². The smallest absolute Gasteiger partial charge is 0.324 e. The molecule has 0 aliphatic heterocycles. The average molecular weight is 192 g/mol. The molecule has 0 aliphatic rings. The molecule has 0 spiro atoms. The fourth-order valence-corrected chi connectivity index (χ4v) is 0.600. The van der Waals surface area contributed by atoms with Crippen molar-refractivity contribution in [1.82, 2.24) is 0 Å². The summed E-state index contributed by atoms with van der Waals surface area (Å²) >= 11 is 4.08. The maximum absolute atomic E-state index is 7.23. The zero-order valence-corrected chi connectivity index (χ0v) is 7.41. The molecule has 0 unspecified atom stereocenters. The Balaban J connectivity index is 0.000000218. The van der Waals surface area contributed by atoms with Crippen LogP contribution in [-0.2, 0) is 0 Å². The molecule has 1 rings (SSSR count). The molecule has 0 aliphatic carbocycles. The Hall–Kier alpha value is -0.120. The van der Waals surface area contributed by atoms with Gasteiger partial charge < -0.3 is 14.7 Å². The van der Waals surface area contributed by atoms with Gasteiger partial charge in [0.25, 0.3) is 0 Å². The minimum atomic E-state index is -2.62. The highest BCUT2D eigenvalue weighted by Gasteiger charge is 1.76. The first-order chi connectivity index (χ1) is 5.13. The second-order valence-corrected chi connectivity index (χ2v) is 2.66. The fraction of sp³-hybridized carbons (Fsp3) is 0. The zero-order valence-electron chi connectivity index (χ0n) is 5.62. The molecule has 0 bridgehead atoms. The average Bonchev–Trinajstić information content (AvgIpc) is 1.87. The van der Waals surface area contributed by atoms with Gasteiger partial charge in [0.1, 0.15) is 0 Å². The minimum Gasteiger partial charge on any atom is -0.328 e. The molecule has 1 aromatic carbocycles. The van der Waals surface area contributed by atoms with E-state index in [0.29, 0.717) is 0 Å². The maximum Gasteiger partial charge on any atom is 0.324 e. The molecule has 5 heteroatoms. The van der Waals surface area contributed by atoms with Crippen molar-refractivity contribution >= 4 is 21.2 Å². The molecule has 0 fully saturated rings. The summed E-state index contributed by atoms with van der Waals surface area (Å²) in [5.74, 6) is 0. The van der Waals surface area contributed by atoms with Gasteiger partial charge >= 0.3 is 8.60 Å². The van der Waals surface area contributed by atoms with E-state index in [1.54, 1.807) is 0 Å². The van der Waals surface area contributed by atoms with Crippen molar-refractivity contribution in [3.05, 3.63) is 30.3 Å². The largest absolute Gasteiger partial charge is 0.328 e. The van der Waals surface area contributed by atoms with Gasteiger partial charge in [0, 0.05) is 4.90 Å². The second-order valence-electron chi connectivity index (χ2n) is 1.60. The highest BCUT2D eigenvalue weighted by molar-refractivity contribution is 7.80. The molecule has 0 heterocycles. The van der Waals surface area contributed by atoms with Gasteiger partial charge in [-0.2, -0.15) is 0 Å². The van der Waals surface area contributed by atoms with E-state index in [4.69, 9.17) is 14.7 Å². The van der Waals surface area contributed by atoms with E-state index in [1.165, 1.54) is 0 Å². The van der Waals surface area contributed by atoms with Crippen LogP contribution in [0, 0.1) is 0 Å². The summed E-state index contributed by atoms with van der Waals surface area (Å²) in [5, 5.41) is 0. The van der Waals surface area contributed by atoms with E-state index in [0.717, 1.165) is 4.90 Å². The van der Waals surface area contributed by atoms with Crippen LogP contribution >= 0.6 is 21.2 Å². The van der Waals surface area contributed by atoms with Crippen LogP contribution in [0.2, 0.25) is 0 Å². The Labute approximate surface area is 71.7 Å². The van der Waals surface area contributed by atoms with E-state index in [1.807, 2.05) is 30.3 Å². The van der Waals surface area contributed by atoms with Gasteiger partial charge in [0.2, 0.25) is 0 Å². The Kier molecular flexibility index (Phi) is 6.51. The third kappa shape index (κ3) is 9.88.